The normalized spacial score (nSPS) is 17.5. The van der Waals surface area contributed by atoms with Crippen molar-refractivity contribution < 1.29 is 9.59 Å². The third-order valence-corrected chi connectivity index (χ3v) is 4.20. The van der Waals surface area contributed by atoms with E-state index in [4.69, 9.17) is 5.73 Å². The van der Waals surface area contributed by atoms with Crippen LogP contribution in [0.1, 0.15) is 20.3 Å². The van der Waals surface area contributed by atoms with Crippen molar-refractivity contribution in [2.45, 2.75) is 26.3 Å². The van der Waals surface area contributed by atoms with Crippen molar-refractivity contribution in [3.05, 3.63) is 18.5 Å². The first-order valence-electron chi connectivity index (χ1n) is 7.89. The first kappa shape index (κ1) is 17.0. The third kappa shape index (κ3) is 4.30. The molecule has 2 atom stereocenters. The number of anilines is 1. The largest absolute Gasteiger partial charge is 0.352 e. The number of nitrogens with one attached hydrogen (secondary N) is 1. The molecule has 2 unspecified atom stereocenters. The van der Waals surface area contributed by atoms with Gasteiger partial charge in [-0.05, 0) is 12.0 Å². The fourth-order valence-corrected chi connectivity index (χ4v) is 2.61. The Morgan fingerprint density at radius 1 is 1.26 bits per heavy atom. The second-order valence-corrected chi connectivity index (χ2v) is 5.73. The van der Waals surface area contributed by atoms with E-state index in [2.05, 4.69) is 15.3 Å². The molecule has 1 fully saturated rings. The van der Waals surface area contributed by atoms with E-state index in [1.165, 1.54) is 0 Å². The van der Waals surface area contributed by atoms with Gasteiger partial charge in [0.15, 0.2) is 0 Å². The first-order valence-corrected chi connectivity index (χ1v) is 7.89. The molecule has 1 aromatic heterocycles. The smallest absolute Gasteiger partial charge is 0.312 e. The molecule has 126 valence electrons. The molecule has 2 rings (SSSR count). The Bertz CT molecular complexity index is 530. The maximum absolute atomic E-state index is 12.7. The Labute approximate surface area is 136 Å². The Balaban J connectivity index is 1.97. The van der Waals surface area contributed by atoms with Crippen molar-refractivity contribution in [2.24, 2.45) is 11.7 Å². The number of carbonyl (C=O) groups excluding carboxylic acids is 2. The molecule has 0 spiro atoms. The summed E-state index contributed by atoms with van der Waals surface area (Å²) in [5.41, 5.74) is 5.21. The number of rotatable bonds is 5. The molecule has 3 N–H and O–H groups in total. The third-order valence-electron chi connectivity index (χ3n) is 4.20. The molecule has 1 aliphatic rings. The number of aromatic nitrogens is 2. The van der Waals surface area contributed by atoms with Gasteiger partial charge in [-0.25, -0.2) is 14.8 Å². The number of carbonyl (C=O) groups is 2. The van der Waals surface area contributed by atoms with E-state index in [9.17, 15) is 9.59 Å². The predicted molar refractivity (Wildman–Crippen MR) is 86.8 cm³/mol. The quantitative estimate of drug-likeness (QED) is 0.807. The van der Waals surface area contributed by atoms with E-state index in [0.717, 1.165) is 6.42 Å². The van der Waals surface area contributed by atoms with Gasteiger partial charge in [-0.1, -0.05) is 20.3 Å². The number of hydrogen-bond acceptors (Lipinski definition) is 5. The molecular weight excluding hydrogens is 296 g/mol. The van der Waals surface area contributed by atoms with Crippen LogP contribution in [0, 0.1) is 5.92 Å². The minimum atomic E-state index is -0.667. The highest BCUT2D eigenvalue weighted by Crippen LogP contribution is 2.14. The summed E-state index contributed by atoms with van der Waals surface area (Å²) in [6.07, 6.45) is 4.19. The molecule has 8 nitrogen and oxygen atoms in total. The van der Waals surface area contributed by atoms with E-state index in [1.807, 2.05) is 18.7 Å². The molecule has 0 saturated carbocycles. The molecule has 8 heteroatoms. The zero-order chi connectivity index (χ0) is 16.8. The SMILES string of the molecule is CCC(C)C(NC(N)=O)C(=O)N1CCN(c2ncccn2)CC1. The molecule has 0 aliphatic carbocycles. The topological polar surface area (TPSA) is 104 Å². The first-order chi connectivity index (χ1) is 11.0. The molecule has 1 saturated heterocycles. The summed E-state index contributed by atoms with van der Waals surface area (Å²) in [4.78, 5) is 36.1. The van der Waals surface area contributed by atoms with Gasteiger partial charge in [0, 0.05) is 38.6 Å². The standard InChI is InChI=1S/C15H24N6O2/c1-3-11(2)12(19-14(16)23)13(22)20-7-9-21(10-8-20)15-17-5-4-6-18-15/h4-6,11-12H,3,7-10H2,1-2H3,(H3,16,19,23). The number of nitrogens with two attached hydrogens (primary N) is 1. The molecular formula is C15H24N6O2. The van der Waals surface area contributed by atoms with Crippen molar-refractivity contribution >= 4 is 17.9 Å². The Hall–Kier alpha value is -2.38. The molecule has 3 amide bonds. The van der Waals surface area contributed by atoms with Crippen LogP contribution >= 0.6 is 0 Å². The summed E-state index contributed by atoms with van der Waals surface area (Å²) < 4.78 is 0. The van der Waals surface area contributed by atoms with E-state index in [1.54, 1.807) is 23.4 Å². The summed E-state index contributed by atoms with van der Waals surface area (Å²) in [6.45, 7) is 6.40. The highest BCUT2D eigenvalue weighted by atomic mass is 16.2. The summed E-state index contributed by atoms with van der Waals surface area (Å²) in [5.74, 6) is 0.630. The maximum Gasteiger partial charge on any atom is 0.312 e. The number of amides is 3. The van der Waals surface area contributed by atoms with E-state index < -0.39 is 12.1 Å². The summed E-state index contributed by atoms with van der Waals surface area (Å²) in [6, 6.07) is 0.534. The lowest BCUT2D eigenvalue weighted by atomic mass is 9.97. The van der Waals surface area contributed by atoms with Gasteiger partial charge < -0.3 is 20.9 Å². The lowest BCUT2D eigenvalue weighted by molar-refractivity contribution is -0.134. The van der Waals surface area contributed by atoms with Crippen LogP contribution in [0.15, 0.2) is 18.5 Å². The summed E-state index contributed by atoms with van der Waals surface area (Å²) in [7, 11) is 0. The second-order valence-electron chi connectivity index (χ2n) is 5.73. The van der Waals surface area contributed by atoms with Crippen LogP contribution in [0.25, 0.3) is 0 Å². The number of hydrogen-bond donors (Lipinski definition) is 2. The lowest BCUT2D eigenvalue weighted by Gasteiger charge is -2.37. The van der Waals surface area contributed by atoms with E-state index >= 15 is 0 Å². The van der Waals surface area contributed by atoms with Gasteiger partial charge in [-0.3, -0.25) is 4.79 Å². The molecule has 2 heterocycles. The predicted octanol–water partition coefficient (Wildman–Crippen LogP) is 0.208. The molecule has 1 aromatic rings. The van der Waals surface area contributed by atoms with Crippen LogP contribution in [0.2, 0.25) is 0 Å². The van der Waals surface area contributed by atoms with Crippen LogP contribution in [-0.4, -0.2) is 59.0 Å². The van der Waals surface area contributed by atoms with Crippen LogP contribution < -0.4 is 16.0 Å². The zero-order valence-corrected chi connectivity index (χ0v) is 13.6. The van der Waals surface area contributed by atoms with Crippen LogP contribution in [0.3, 0.4) is 0 Å². The average Bonchev–Trinajstić information content (AvgIpc) is 2.59. The van der Waals surface area contributed by atoms with Gasteiger partial charge in [-0.15, -0.1) is 0 Å². The van der Waals surface area contributed by atoms with Gasteiger partial charge in [0.05, 0.1) is 0 Å². The average molecular weight is 320 g/mol. The fraction of sp³-hybridized carbons (Fsp3) is 0.600. The lowest BCUT2D eigenvalue weighted by Crippen LogP contribution is -2.57. The molecule has 1 aliphatic heterocycles. The minimum absolute atomic E-state index is 0.0329. The van der Waals surface area contributed by atoms with Gasteiger partial charge in [-0.2, -0.15) is 0 Å². The number of nitrogens with zero attached hydrogens (tertiary/aromatic N) is 4. The molecule has 0 bridgehead atoms. The summed E-state index contributed by atoms with van der Waals surface area (Å²) >= 11 is 0. The minimum Gasteiger partial charge on any atom is -0.352 e. The molecule has 0 radical (unpaired) electrons. The van der Waals surface area contributed by atoms with Crippen molar-refractivity contribution in [1.29, 1.82) is 0 Å². The van der Waals surface area contributed by atoms with Gasteiger partial charge >= 0.3 is 6.03 Å². The van der Waals surface area contributed by atoms with Crippen molar-refractivity contribution in [3.63, 3.8) is 0 Å². The number of piperazine rings is 1. The number of primary amides is 1. The Kier molecular flexibility index (Phi) is 5.72. The summed E-state index contributed by atoms with van der Waals surface area (Å²) in [5, 5.41) is 2.58. The van der Waals surface area contributed by atoms with Gasteiger partial charge in [0.1, 0.15) is 6.04 Å². The second kappa shape index (κ2) is 7.75. The zero-order valence-electron chi connectivity index (χ0n) is 13.6. The highest BCUT2D eigenvalue weighted by Gasteiger charge is 2.31. The van der Waals surface area contributed by atoms with Crippen molar-refractivity contribution in [3.8, 4) is 0 Å². The van der Waals surface area contributed by atoms with Crippen molar-refractivity contribution in [1.82, 2.24) is 20.2 Å². The van der Waals surface area contributed by atoms with Crippen LogP contribution in [0.4, 0.5) is 10.7 Å². The highest BCUT2D eigenvalue weighted by molar-refractivity contribution is 5.87. The van der Waals surface area contributed by atoms with E-state index in [0.29, 0.717) is 32.1 Å². The fourth-order valence-electron chi connectivity index (χ4n) is 2.61. The maximum atomic E-state index is 12.7. The van der Waals surface area contributed by atoms with Gasteiger partial charge in [0.2, 0.25) is 11.9 Å². The Morgan fingerprint density at radius 3 is 2.39 bits per heavy atom. The van der Waals surface area contributed by atoms with Crippen molar-refractivity contribution in [2.75, 3.05) is 31.1 Å². The Morgan fingerprint density at radius 2 is 1.87 bits per heavy atom. The molecule has 0 aromatic carbocycles. The monoisotopic (exact) mass is 320 g/mol. The number of urea groups is 1. The van der Waals surface area contributed by atoms with Crippen LogP contribution in [0.5, 0.6) is 0 Å². The van der Waals surface area contributed by atoms with Gasteiger partial charge in [0.25, 0.3) is 0 Å². The molecule has 23 heavy (non-hydrogen) atoms. The van der Waals surface area contributed by atoms with E-state index in [-0.39, 0.29) is 11.8 Å². The van der Waals surface area contributed by atoms with Crippen LogP contribution in [-0.2, 0) is 4.79 Å².